The molecule has 0 aliphatic rings. The molecule has 1 heterocycles. The van der Waals surface area contributed by atoms with Crippen molar-refractivity contribution in [2.75, 3.05) is 0 Å². The third-order valence-electron chi connectivity index (χ3n) is 2.85. The Morgan fingerprint density at radius 1 is 1.00 bits per heavy atom. The minimum Gasteiger partial charge on any atom is -0.429 e. The monoisotopic (exact) mass is 281 g/mol. The van der Waals surface area contributed by atoms with E-state index in [1.807, 2.05) is 30.5 Å². The van der Waals surface area contributed by atoms with Gasteiger partial charge in [-0.1, -0.05) is 18.2 Å². The highest BCUT2D eigenvalue weighted by Crippen LogP contribution is 2.19. The van der Waals surface area contributed by atoms with E-state index in [0.717, 1.165) is 10.9 Å². The number of H-pyrrole nitrogens is 1. The number of para-hydroxylation sites is 1. The van der Waals surface area contributed by atoms with E-state index in [9.17, 15) is 0 Å². The normalized spacial score (nSPS) is 11.0. The Morgan fingerprint density at radius 2 is 1.45 bits per heavy atom. The quantitative estimate of drug-likeness (QED) is 0.492. The van der Waals surface area contributed by atoms with E-state index in [1.54, 1.807) is 27.7 Å². The Balaban J connectivity index is 0.000000306. The van der Waals surface area contributed by atoms with Gasteiger partial charge in [-0.25, -0.2) is 0 Å². The maximum Gasteiger partial charge on any atom is 0.482 e. The van der Waals surface area contributed by atoms with Gasteiger partial charge in [0.25, 0.3) is 0 Å². The summed E-state index contributed by atoms with van der Waals surface area (Å²) >= 11 is 0. The number of rotatable bonds is 1. The summed E-state index contributed by atoms with van der Waals surface area (Å²) in [6.07, 6.45) is 1.81. The molecule has 0 amide bonds. The van der Waals surface area contributed by atoms with E-state index in [1.165, 1.54) is 0 Å². The molecule has 20 heavy (non-hydrogen) atoms. The number of aromatic amines is 1. The van der Waals surface area contributed by atoms with Crippen molar-refractivity contribution in [2.24, 2.45) is 0 Å². The minimum absolute atomic E-state index is 0. The van der Waals surface area contributed by atoms with Gasteiger partial charge in [0.15, 0.2) is 0 Å². The lowest BCUT2D eigenvalue weighted by Gasteiger charge is -2.31. The van der Waals surface area contributed by atoms with Crippen LogP contribution in [-0.4, -0.2) is 49.3 Å². The van der Waals surface area contributed by atoms with Crippen molar-refractivity contribution in [1.82, 2.24) is 10.2 Å². The molecule has 1 radical (unpaired) electrons. The zero-order valence-corrected chi connectivity index (χ0v) is 12.2. The largest absolute Gasteiger partial charge is 0.482 e. The highest BCUT2D eigenvalue weighted by Gasteiger charge is 2.31. The van der Waals surface area contributed by atoms with Gasteiger partial charge in [-0.15, -0.1) is 0 Å². The first-order chi connectivity index (χ1) is 9.13. The van der Waals surface area contributed by atoms with Gasteiger partial charge in [0.05, 0.1) is 22.9 Å². The van der Waals surface area contributed by atoms with Crippen molar-refractivity contribution in [3.8, 4) is 0 Å². The van der Waals surface area contributed by atoms with Crippen molar-refractivity contribution in [2.45, 2.75) is 38.9 Å². The SMILES string of the molecule is CC(C)(O)C(C)(C)O.O[B]O.c1ccc2[nH]ncc2c1. The summed E-state index contributed by atoms with van der Waals surface area (Å²) in [5.41, 5.74) is -0.919. The molecule has 0 aliphatic heterocycles. The maximum atomic E-state index is 9.10. The molecule has 2 aromatic rings. The summed E-state index contributed by atoms with van der Waals surface area (Å²) < 4.78 is 0. The molecule has 0 spiro atoms. The molecule has 1 aromatic carbocycles. The molecule has 7 heteroatoms. The van der Waals surface area contributed by atoms with E-state index >= 15 is 0 Å². The predicted octanol–water partition coefficient (Wildman–Crippen LogP) is 0.596. The molecule has 0 aliphatic carbocycles. The number of aromatic nitrogens is 2. The third-order valence-corrected chi connectivity index (χ3v) is 2.85. The second kappa shape index (κ2) is 8.01. The summed E-state index contributed by atoms with van der Waals surface area (Å²) in [4.78, 5) is 0. The molecule has 0 saturated heterocycles. The van der Waals surface area contributed by atoms with Gasteiger partial charge >= 0.3 is 7.69 Å². The summed E-state index contributed by atoms with van der Waals surface area (Å²) in [5.74, 6) is 0. The topological polar surface area (TPSA) is 110 Å². The molecule has 0 saturated carbocycles. The molecule has 6 nitrogen and oxygen atoms in total. The summed E-state index contributed by atoms with van der Waals surface area (Å²) in [7, 11) is 0. The second-order valence-electron chi connectivity index (χ2n) is 5.19. The lowest BCUT2D eigenvalue weighted by Crippen LogP contribution is -2.44. The smallest absolute Gasteiger partial charge is 0.429 e. The zero-order valence-electron chi connectivity index (χ0n) is 12.2. The molecule has 5 N–H and O–H groups in total. The number of hydrogen-bond acceptors (Lipinski definition) is 5. The molecule has 0 atom stereocenters. The lowest BCUT2D eigenvalue weighted by molar-refractivity contribution is -0.107. The summed E-state index contributed by atoms with van der Waals surface area (Å²) in [6.45, 7) is 6.31. The van der Waals surface area contributed by atoms with Gasteiger partial charge in [-0.2, -0.15) is 5.10 Å². The highest BCUT2D eigenvalue weighted by atomic mass is 16.4. The first-order valence-electron chi connectivity index (χ1n) is 6.06. The van der Waals surface area contributed by atoms with Crippen LogP contribution >= 0.6 is 0 Å². The predicted molar refractivity (Wildman–Crippen MR) is 78.9 cm³/mol. The standard InChI is InChI=1S/C7H6N2.C6H14O2.BH2O2/c1-2-4-7-6(3-1)5-8-9-7;1-5(2,7)6(3,4)8;2-1-3/h1-5H,(H,8,9);7-8H,1-4H3;2-3H. The molecule has 0 fully saturated rings. The Kier molecular flexibility index (Phi) is 7.45. The number of nitrogens with zero attached hydrogens (tertiary/aromatic N) is 1. The fraction of sp³-hybridized carbons (Fsp3) is 0.462. The first kappa shape index (κ1) is 18.6. The first-order valence-corrected chi connectivity index (χ1v) is 6.06. The Labute approximate surface area is 119 Å². The van der Waals surface area contributed by atoms with Crippen LogP contribution in [0.15, 0.2) is 30.5 Å². The van der Waals surface area contributed by atoms with Crippen LogP contribution in [0, 0.1) is 0 Å². The summed E-state index contributed by atoms with van der Waals surface area (Å²) in [6, 6.07) is 8.01. The second-order valence-corrected chi connectivity index (χ2v) is 5.19. The van der Waals surface area contributed by atoms with Crippen LogP contribution in [0.25, 0.3) is 10.9 Å². The van der Waals surface area contributed by atoms with Crippen molar-refractivity contribution < 1.29 is 20.3 Å². The number of benzene rings is 1. The van der Waals surface area contributed by atoms with E-state index in [2.05, 4.69) is 10.2 Å². The van der Waals surface area contributed by atoms with Crippen molar-refractivity contribution in [3.05, 3.63) is 30.5 Å². The number of aliphatic hydroxyl groups is 2. The fourth-order valence-corrected chi connectivity index (χ4v) is 0.883. The molecule has 0 unspecified atom stereocenters. The van der Waals surface area contributed by atoms with Crippen molar-refractivity contribution in [3.63, 3.8) is 0 Å². The number of fused-ring (bicyclic) bond motifs is 1. The zero-order chi connectivity index (χ0) is 15.8. The molecule has 111 valence electrons. The van der Waals surface area contributed by atoms with Crippen LogP contribution < -0.4 is 0 Å². The Morgan fingerprint density at radius 3 is 1.85 bits per heavy atom. The van der Waals surface area contributed by atoms with Gasteiger partial charge < -0.3 is 20.3 Å². The van der Waals surface area contributed by atoms with Gasteiger partial charge in [0, 0.05) is 5.39 Å². The van der Waals surface area contributed by atoms with E-state index in [0.29, 0.717) is 0 Å². The average molecular weight is 281 g/mol. The summed E-state index contributed by atoms with van der Waals surface area (Å²) in [5, 5.41) is 40.1. The van der Waals surface area contributed by atoms with Gasteiger partial charge in [-0.3, -0.25) is 5.10 Å². The highest BCUT2D eigenvalue weighted by molar-refractivity contribution is 6.13. The van der Waals surface area contributed by atoms with Crippen LogP contribution in [0.2, 0.25) is 0 Å². The fourth-order valence-electron chi connectivity index (χ4n) is 0.883. The molecule has 0 bridgehead atoms. The van der Waals surface area contributed by atoms with Crippen LogP contribution in [0.5, 0.6) is 0 Å². The van der Waals surface area contributed by atoms with Crippen LogP contribution in [0.4, 0.5) is 0 Å². The molecular weight excluding hydrogens is 259 g/mol. The van der Waals surface area contributed by atoms with Gasteiger partial charge in [0.2, 0.25) is 0 Å². The van der Waals surface area contributed by atoms with Crippen LogP contribution in [0.1, 0.15) is 27.7 Å². The molecular formula is C13H22BN2O4. The number of nitrogens with one attached hydrogen (secondary N) is 1. The maximum absolute atomic E-state index is 9.10. The van der Waals surface area contributed by atoms with Crippen molar-refractivity contribution in [1.29, 1.82) is 0 Å². The minimum atomic E-state index is -1.01. The third kappa shape index (κ3) is 6.67. The average Bonchev–Trinajstić information content (AvgIpc) is 2.76. The lowest BCUT2D eigenvalue weighted by atomic mass is 9.90. The van der Waals surface area contributed by atoms with E-state index in [4.69, 9.17) is 20.3 Å². The Bertz CT molecular complexity index is 447. The van der Waals surface area contributed by atoms with Gasteiger partial charge in [0.1, 0.15) is 0 Å². The molecule has 1 aromatic heterocycles. The van der Waals surface area contributed by atoms with Gasteiger partial charge in [-0.05, 0) is 33.8 Å². The van der Waals surface area contributed by atoms with E-state index in [-0.39, 0.29) is 7.69 Å². The molecule has 2 rings (SSSR count). The van der Waals surface area contributed by atoms with Crippen LogP contribution in [0.3, 0.4) is 0 Å². The van der Waals surface area contributed by atoms with E-state index < -0.39 is 11.2 Å². The number of hydrogen-bond donors (Lipinski definition) is 5. The van der Waals surface area contributed by atoms with Crippen molar-refractivity contribution >= 4 is 18.6 Å². The van der Waals surface area contributed by atoms with Crippen LogP contribution in [-0.2, 0) is 0 Å². The Hall–Kier alpha value is -1.41.